The molecule has 0 bridgehead atoms. The number of hydrogen-bond donors (Lipinski definition) is 1. The van der Waals surface area contributed by atoms with Crippen LogP contribution < -0.4 is 0 Å². The monoisotopic (exact) mass is 194 g/mol. The van der Waals surface area contributed by atoms with E-state index in [1.165, 1.54) is 0 Å². The summed E-state index contributed by atoms with van der Waals surface area (Å²) >= 11 is 0. The second-order valence-electron chi connectivity index (χ2n) is 3.49. The van der Waals surface area contributed by atoms with Crippen LogP contribution in [0.1, 0.15) is 37.0 Å². The van der Waals surface area contributed by atoms with Crippen LogP contribution in [0.5, 0.6) is 0 Å². The van der Waals surface area contributed by atoms with Crippen molar-refractivity contribution < 1.29 is 5.11 Å². The predicted octanol–water partition coefficient (Wildman–Crippen LogP) is 1.66. The zero-order valence-corrected chi connectivity index (χ0v) is 8.95. The van der Waals surface area contributed by atoms with Crippen molar-refractivity contribution in [1.29, 1.82) is 0 Å². The molecule has 1 rings (SSSR count). The van der Waals surface area contributed by atoms with Crippen molar-refractivity contribution in [3.05, 3.63) is 23.3 Å². The summed E-state index contributed by atoms with van der Waals surface area (Å²) in [6.07, 6.45) is 3.63. The number of aryl methyl sites for hydroxylation is 3. The van der Waals surface area contributed by atoms with Gasteiger partial charge in [-0.3, -0.25) is 0 Å². The Morgan fingerprint density at radius 1 is 1.29 bits per heavy atom. The van der Waals surface area contributed by atoms with Crippen LogP contribution in [0, 0.1) is 6.92 Å². The lowest BCUT2D eigenvalue weighted by molar-refractivity contribution is 0.287. The highest BCUT2D eigenvalue weighted by Crippen LogP contribution is 2.05. The normalized spacial score (nSPS) is 10.5. The smallest absolute Gasteiger partial charge is 0.128 e. The van der Waals surface area contributed by atoms with Crippen LogP contribution in [0.3, 0.4) is 0 Å². The molecule has 1 aromatic heterocycles. The molecule has 1 aromatic rings. The highest BCUT2D eigenvalue weighted by Gasteiger charge is 2.01. The van der Waals surface area contributed by atoms with Gasteiger partial charge in [-0.2, -0.15) is 0 Å². The molecule has 0 aliphatic heterocycles. The Morgan fingerprint density at radius 2 is 2.07 bits per heavy atom. The van der Waals surface area contributed by atoms with Gasteiger partial charge in [0.15, 0.2) is 0 Å². The molecule has 1 N–H and O–H groups in total. The van der Waals surface area contributed by atoms with Gasteiger partial charge in [0.2, 0.25) is 0 Å². The fourth-order valence-corrected chi connectivity index (χ4v) is 1.43. The maximum atomic E-state index is 8.71. The summed E-state index contributed by atoms with van der Waals surface area (Å²) in [5, 5.41) is 8.71. The van der Waals surface area contributed by atoms with Crippen LogP contribution in [0.2, 0.25) is 0 Å². The third kappa shape index (κ3) is 3.42. The van der Waals surface area contributed by atoms with Gasteiger partial charge in [-0.1, -0.05) is 13.3 Å². The number of aliphatic hydroxyl groups is 1. The van der Waals surface area contributed by atoms with E-state index in [1.807, 2.05) is 13.0 Å². The maximum Gasteiger partial charge on any atom is 0.128 e. The third-order valence-corrected chi connectivity index (χ3v) is 2.02. The van der Waals surface area contributed by atoms with Gasteiger partial charge in [0.1, 0.15) is 5.82 Å². The van der Waals surface area contributed by atoms with E-state index in [4.69, 9.17) is 5.11 Å². The van der Waals surface area contributed by atoms with Gasteiger partial charge in [-0.15, -0.1) is 0 Å². The third-order valence-electron chi connectivity index (χ3n) is 2.02. The summed E-state index contributed by atoms with van der Waals surface area (Å²) < 4.78 is 0. The SMILES string of the molecule is CCCc1cc(C)nc(CCCO)n1. The van der Waals surface area contributed by atoms with Crippen LogP contribution in [-0.4, -0.2) is 21.7 Å². The first-order valence-corrected chi connectivity index (χ1v) is 5.20. The van der Waals surface area contributed by atoms with Gasteiger partial charge in [-0.05, 0) is 25.8 Å². The molecule has 0 saturated carbocycles. The van der Waals surface area contributed by atoms with Crippen molar-refractivity contribution in [3.8, 4) is 0 Å². The van der Waals surface area contributed by atoms with E-state index in [-0.39, 0.29) is 6.61 Å². The highest BCUT2D eigenvalue weighted by atomic mass is 16.2. The molecule has 14 heavy (non-hydrogen) atoms. The minimum Gasteiger partial charge on any atom is -0.396 e. The molecule has 0 aromatic carbocycles. The second kappa shape index (κ2) is 5.70. The van der Waals surface area contributed by atoms with E-state index in [0.29, 0.717) is 0 Å². The molecular formula is C11H18N2O. The molecule has 0 spiro atoms. The molecule has 0 radical (unpaired) electrons. The summed E-state index contributed by atoms with van der Waals surface area (Å²) in [6, 6.07) is 2.03. The molecule has 0 saturated heterocycles. The van der Waals surface area contributed by atoms with E-state index in [2.05, 4.69) is 16.9 Å². The van der Waals surface area contributed by atoms with Gasteiger partial charge in [0.25, 0.3) is 0 Å². The van der Waals surface area contributed by atoms with Gasteiger partial charge < -0.3 is 5.11 Å². The molecule has 0 fully saturated rings. The molecule has 0 aliphatic rings. The van der Waals surface area contributed by atoms with Gasteiger partial charge in [-0.25, -0.2) is 9.97 Å². The van der Waals surface area contributed by atoms with E-state index in [0.717, 1.165) is 42.9 Å². The summed E-state index contributed by atoms with van der Waals surface area (Å²) in [5.41, 5.74) is 2.14. The van der Waals surface area contributed by atoms with Crippen molar-refractivity contribution in [2.75, 3.05) is 6.61 Å². The van der Waals surface area contributed by atoms with Gasteiger partial charge in [0.05, 0.1) is 0 Å². The molecule has 0 atom stereocenters. The minimum absolute atomic E-state index is 0.209. The summed E-state index contributed by atoms with van der Waals surface area (Å²) in [7, 11) is 0. The Labute approximate surface area is 85.2 Å². The Morgan fingerprint density at radius 3 is 2.71 bits per heavy atom. The van der Waals surface area contributed by atoms with E-state index >= 15 is 0 Å². The van der Waals surface area contributed by atoms with E-state index in [1.54, 1.807) is 0 Å². The summed E-state index contributed by atoms with van der Waals surface area (Å²) in [4.78, 5) is 8.77. The average Bonchev–Trinajstić information content (AvgIpc) is 2.14. The van der Waals surface area contributed by atoms with Crippen LogP contribution in [0.15, 0.2) is 6.07 Å². The summed E-state index contributed by atoms with van der Waals surface area (Å²) in [6.45, 7) is 4.34. The molecule has 3 heteroatoms. The number of rotatable bonds is 5. The standard InChI is InChI=1S/C11H18N2O/c1-3-5-10-8-9(2)12-11(13-10)6-4-7-14/h8,14H,3-7H2,1-2H3. The molecule has 78 valence electrons. The lowest BCUT2D eigenvalue weighted by Crippen LogP contribution is -2.02. The Bertz CT molecular complexity index is 287. The molecule has 0 amide bonds. The zero-order chi connectivity index (χ0) is 10.4. The Kier molecular flexibility index (Phi) is 4.53. The van der Waals surface area contributed by atoms with Crippen molar-refractivity contribution in [2.45, 2.75) is 39.5 Å². The molecule has 3 nitrogen and oxygen atoms in total. The van der Waals surface area contributed by atoms with Crippen LogP contribution >= 0.6 is 0 Å². The van der Waals surface area contributed by atoms with Crippen LogP contribution in [0.4, 0.5) is 0 Å². The van der Waals surface area contributed by atoms with Crippen molar-refractivity contribution in [2.24, 2.45) is 0 Å². The van der Waals surface area contributed by atoms with E-state index in [9.17, 15) is 0 Å². The fourth-order valence-electron chi connectivity index (χ4n) is 1.43. The zero-order valence-electron chi connectivity index (χ0n) is 8.95. The molecular weight excluding hydrogens is 176 g/mol. The van der Waals surface area contributed by atoms with Gasteiger partial charge in [0, 0.05) is 24.4 Å². The first-order chi connectivity index (χ1) is 6.76. The number of aromatic nitrogens is 2. The molecule has 1 heterocycles. The van der Waals surface area contributed by atoms with Crippen molar-refractivity contribution >= 4 is 0 Å². The first-order valence-electron chi connectivity index (χ1n) is 5.20. The quantitative estimate of drug-likeness (QED) is 0.775. The number of hydrogen-bond acceptors (Lipinski definition) is 3. The average molecular weight is 194 g/mol. The lowest BCUT2D eigenvalue weighted by Gasteiger charge is -2.04. The topological polar surface area (TPSA) is 46.0 Å². The Hall–Kier alpha value is -0.960. The van der Waals surface area contributed by atoms with Gasteiger partial charge >= 0.3 is 0 Å². The highest BCUT2D eigenvalue weighted by molar-refractivity contribution is 5.10. The molecule has 0 aliphatic carbocycles. The van der Waals surface area contributed by atoms with Crippen molar-refractivity contribution in [3.63, 3.8) is 0 Å². The number of aliphatic hydroxyl groups excluding tert-OH is 1. The Balaban J connectivity index is 2.73. The minimum atomic E-state index is 0.209. The van der Waals surface area contributed by atoms with E-state index < -0.39 is 0 Å². The fraction of sp³-hybridized carbons (Fsp3) is 0.636. The predicted molar refractivity (Wildman–Crippen MR) is 56.2 cm³/mol. The van der Waals surface area contributed by atoms with Crippen LogP contribution in [-0.2, 0) is 12.8 Å². The summed E-state index contributed by atoms with van der Waals surface area (Å²) in [5.74, 6) is 0.863. The van der Waals surface area contributed by atoms with Crippen molar-refractivity contribution in [1.82, 2.24) is 9.97 Å². The first kappa shape index (κ1) is 11.1. The molecule has 0 unspecified atom stereocenters. The lowest BCUT2D eigenvalue weighted by atomic mass is 10.2. The van der Waals surface area contributed by atoms with Crippen LogP contribution in [0.25, 0.3) is 0 Å². The number of nitrogens with zero attached hydrogens (tertiary/aromatic N) is 2. The largest absolute Gasteiger partial charge is 0.396 e. The maximum absolute atomic E-state index is 8.71. The second-order valence-corrected chi connectivity index (χ2v) is 3.49.